The second-order valence-electron chi connectivity index (χ2n) is 9.28. The predicted molar refractivity (Wildman–Crippen MR) is 132 cm³/mol. The first-order valence-electron chi connectivity index (χ1n) is 11.8. The number of ether oxygens (including phenoxy) is 2. The van der Waals surface area contributed by atoms with Crippen LogP contribution in [0.25, 0.3) is 0 Å². The minimum absolute atomic E-state index is 0.0222. The lowest BCUT2D eigenvalue weighted by Gasteiger charge is -2.30. The molecule has 2 aliphatic heterocycles. The van der Waals surface area contributed by atoms with Crippen molar-refractivity contribution in [1.82, 2.24) is 4.31 Å². The normalized spacial score (nSPS) is 20.8. The minimum atomic E-state index is -4.12. The van der Waals surface area contributed by atoms with Crippen LogP contribution in [-0.2, 0) is 24.3 Å². The number of imide groups is 1. The average Bonchev–Trinajstić information content (AvgIpc) is 3.43. The second-order valence-corrected chi connectivity index (χ2v) is 11.1. The van der Waals surface area contributed by atoms with Crippen molar-refractivity contribution in [2.45, 2.75) is 64.0 Å². The van der Waals surface area contributed by atoms with Gasteiger partial charge in [0.15, 0.2) is 0 Å². The Hall–Kier alpha value is -2.75. The molecule has 2 aromatic rings. The second kappa shape index (κ2) is 9.72. The molecule has 2 amide bonds. The van der Waals surface area contributed by atoms with Gasteiger partial charge in [-0.3, -0.25) is 9.59 Å². The molecule has 0 radical (unpaired) electrons. The van der Waals surface area contributed by atoms with E-state index in [1.54, 1.807) is 38.1 Å². The molecule has 2 aliphatic rings. The Morgan fingerprint density at radius 2 is 1.69 bits per heavy atom. The first-order chi connectivity index (χ1) is 16.6. The van der Waals surface area contributed by atoms with E-state index >= 15 is 0 Å². The first kappa shape index (κ1) is 25.3. The lowest BCUT2D eigenvalue weighted by molar-refractivity contribution is -0.122. The Kier molecular flexibility index (Phi) is 7.04. The molecule has 9 heteroatoms. The molecule has 0 bridgehead atoms. The van der Waals surface area contributed by atoms with Crippen LogP contribution >= 0.6 is 0 Å². The number of amides is 2. The number of hydrogen-bond acceptors (Lipinski definition) is 6. The fourth-order valence-electron chi connectivity index (χ4n) is 4.91. The summed E-state index contributed by atoms with van der Waals surface area (Å²) in [5, 5.41) is 0. The molecule has 2 saturated heterocycles. The van der Waals surface area contributed by atoms with Crippen LogP contribution in [0.4, 0.5) is 5.69 Å². The monoisotopic (exact) mass is 500 g/mol. The number of hydrogen-bond donors (Lipinski definition) is 0. The number of carbonyl (C=O) groups is 2. The van der Waals surface area contributed by atoms with Gasteiger partial charge in [0, 0.05) is 13.2 Å². The summed E-state index contributed by atoms with van der Waals surface area (Å²) in [6, 6.07) is 7.38. The van der Waals surface area contributed by atoms with Crippen molar-refractivity contribution in [3.8, 4) is 5.75 Å². The number of sulfonamides is 1. The van der Waals surface area contributed by atoms with Crippen LogP contribution in [0.2, 0.25) is 0 Å². The predicted octanol–water partition coefficient (Wildman–Crippen LogP) is 3.43. The van der Waals surface area contributed by atoms with Crippen LogP contribution in [0, 0.1) is 27.7 Å². The molecule has 35 heavy (non-hydrogen) atoms. The van der Waals surface area contributed by atoms with Gasteiger partial charge in [-0.25, -0.2) is 13.3 Å². The SMILES string of the molecule is COc1ccc(N2C(=O)CC(N(CC3CCCO3)S(=O)(=O)c3c(C)c(C)cc(C)c3C)C2=O)cc1. The average molecular weight is 501 g/mol. The van der Waals surface area contributed by atoms with Crippen molar-refractivity contribution >= 4 is 27.5 Å². The van der Waals surface area contributed by atoms with Gasteiger partial charge < -0.3 is 9.47 Å². The number of anilines is 1. The van der Waals surface area contributed by atoms with Gasteiger partial charge in [-0.05, 0) is 87.1 Å². The summed E-state index contributed by atoms with van der Waals surface area (Å²) < 4.78 is 40.5. The van der Waals surface area contributed by atoms with Gasteiger partial charge in [-0.2, -0.15) is 4.31 Å². The zero-order valence-corrected chi connectivity index (χ0v) is 21.6. The van der Waals surface area contributed by atoms with Gasteiger partial charge >= 0.3 is 0 Å². The highest BCUT2D eigenvalue weighted by atomic mass is 32.2. The Morgan fingerprint density at radius 3 is 2.23 bits per heavy atom. The zero-order chi connectivity index (χ0) is 25.5. The van der Waals surface area contributed by atoms with Crippen molar-refractivity contribution in [1.29, 1.82) is 0 Å². The summed E-state index contributed by atoms with van der Waals surface area (Å²) in [6.45, 7) is 7.89. The third kappa shape index (κ3) is 4.60. The Morgan fingerprint density at radius 1 is 1.06 bits per heavy atom. The van der Waals surface area contributed by atoms with Crippen molar-refractivity contribution < 1.29 is 27.5 Å². The largest absolute Gasteiger partial charge is 0.497 e. The van der Waals surface area contributed by atoms with Gasteiger partial charge in [0.05, 0.1) is 30.2 Å². The fourth-order valence-corrected chi connectivity index (χ4v) is 7.10. The molecular formula is C26H32N2O6S. The van der Waals surface area contributed by atoms with Gasteiger partial charge in [-0.15, -0.1) is 0 Å². The minimum Gasteiger partial charge on any atom is -0.497 e. The van der Waals surface area contributed by atoms with Crippen molar-refractivity contribution in [2.24, 2.45) is 0 Å². The van der Waals surface area contributed by atoms with Gasteiger partial charge in [-0.1, -0.05) is 6.07 Å². The Bertz CT molecular complexity index is 1220. The lowest BCUT2D eigenvalue weighted by atomic mass is 10.0. The van der Waals surface area contributed by atoms with Gasteiger partial charge in [0.2, 0.25) is 15.9 Å². The summed E-state index contributed by atoms with van der Waals surface area (Å²) in [7, 11) is -2.59. The molecule has 188 valence electrons. The molecule has 8 nitrogen and oxygen atoms in total. The molecule has 2 heterocycles. The Balaban J connectivity index is 1.77. The standard InChI is InChI=1S/C26H32N2O6S/c1-16-13-17(2)19(4)25(18(16)3)35(31,32)27(15-22-7-6-12-34-22)23-14-24(29)28(26(23)30)20-8-10-21(33-5)11-9-20/h8-11,13,22-23H,6-7,12,14-15H2,1-5H3. The number of nitrogens with zero attached hydrogens (tertiary/aromatic N) is 2. The lowest BCUT2D eigenvalue weighted by Crippen LogP contribution is -2.48. The quantitative estimate of drug-likeness (QED) is 0.541. The number of benzene rings is 2. The van der Waals surface area contributed by atoms with E-state index in [-0.39, 0.29) is 24.0 Å². The van der Waals surface area contributed by atoms with Gasteiger partial charge in [0.25, 0.3) is 5.91 Å². The molecule has 2 unspecified atom stereocenters. The molecule has 2 aromatic carbocycles. The smallest absolute Gasteiger partial charge is 0.252 e. The third-order valence-electron chi connectivity index (χ3n) is 7.07. The van der Waals surface area contributed by atoms with Crippen LogP contribution in [0.15, 0.2) is 35.2 Å². The van der Waals surface area contributed by atoms with E-state index in [1.807, 2.05) is 19.9 Å². The van der Waals surface area contributed by atoms with Crippen molar-refractivity contribution in [3.05, 3.63) is 52.6 Å². The van der Waals surface area contributed by atoms with E-state index in [0.29, 0.717) is 35.6 Å². The van der Waals surface area contributed by atoms with Crippen LogP contribution < -0.4 is 9.64 Å². The topological polar surface area (TPSA) is 93.2 Å². The summed E-state index contributed by atoms with van der Waals surface area (Å²) in [6.07, 6.45) is 0.984. The van der Waals surface area contributed by atoms with E-state index in [1.165, 1.54) is 11.4 Å². The fraction of sp³-hybridized carbons (Fsp3) is 0.462. The van der Waals surface area contributed by atoms with E-state index < -0.39 is 27.9 Å². The molecule has 0 spiro atoms. The molecule has 2 fully saturated rings. The van der Waals surface area contributed by atoms with E-state index in [9.17, 15) is 18.0 Å². The zero-order valence-electron chi connectivity index (χ0n) is 20.8. The van der Waals surface area contributed by atoms with E-state index in [4.69, 9.17) is 9.47 Å². The molecule has 0 aromatic heterocycles. The van der Waals surface area contributed by atoms with Crippen molar-refractivity contribution in [2.75, 3.05) is 25.2 Å². The van der Waals surface area contributed by atoms with Crippen LogP contribution in [0.1, 0.15) is 41.5 Å². The van der Waals surface area contributed by atoms with Crippen LogP contribution in [0.3, 0.4) is 0 Å². The number of aryl methyl sites for hydroxylation is 2. The number of rotatable bonds is 7. The van der Waals surface area contributed by atoms with Gasteiger partial charge in [0.1, 0.15) is 11.8 Å². The highest BCUT2D eigenvalue weighted by Crippen LogP contribution is 2.34. The van der Waals surface area contributed by atoms with Crippen molar-refractivity contribution in [3.63, 3.8) is 0 Å². The number of carbonyl (C=O) groups excluding carboxylic acids is 2. The number of methoxy groups -OCH3 is 1. The molecule has 0 N–H and O–H groups in total. The molecule has 0 saturated carbocycles. The summed E-state index contributed by atoms with van der Waals surface area (Å²) in [5.74, 6) is -0.402. The molecule has 4 rings (SSSR count). The molecular weight excluding hydrogens is 468 g/mol. The first-order valence-corrected chi connectivity index (χ1v) is 13.2. The highest BCUT2D eigenvalue weighted by molar-refractivity contribution is 7.89. The highest BCUT2D eigenvalue weighted by Gasteiger charge is 2.48. The maximum Gasteiger partial charge on any atom is 0.252 e. The molecule has 0 aliphatic carbocycles. The maximum absolute atomic E-state index is 14.2. The summed E-state index contributed by atoms with van der Waals surface area (Å²) in [5.41, 5.74) is 3.40. The Labute approximate surface area is 206 Å². The summed E-state index contributed by atoms with van der Waals surface area (Å²) in [4.78, 5) is 27.9. The maximum atomic E-state index is 14.2. The van der Waals surface area contributed by atoms with Crippen LogP contribution in [-0.4, -0.2) is 56.9 Å². The molecule has 2 atom stereocenters. The van der Waals surface area contributed by atoms with E-state index in [2.05, 4.69) is 0 Å². The van der Waals surface area contributed by atoms with Crippen LogP contribution in [0.5, 0.6) is 5.75 Å². The van der Waals surface area contributed by atoms with E-state index in [0.717, 1.165) is 22.4 Å². The summed E-state index contributed by atoms with van der Waals surface area (Å²) >= 11 is 0. The third-order valence-corrected chi connectivity index (χ3v) is 9.22.